The number of aliphatic carboxylic acids is 2. The Hall–Kier alpha value is -1.85. The highest BCUT2D eigenvalue weighted by molar-refractivity contribution is 7.80. The molecule has 10 nitrogen and oxygen atoms in total. The smallest absolute Gasteiger partial charge is 0.328 e. The number of aliphatic hydroxyl groups is 1. The standard InChI is InChI=1S/C11H19N3O7S/c12-5(4-22)9(18)13-6(1-2-8(16)17)10(19)14-7(3-15)11(20)21/h5-7,15,22H,1-4,12H2,(H,13,18)(H,14,19)(H,16,17)(H,20,21)/t5-,6-,7-/m0/s1. The zero-order valence-corrected chi connectivity index (χ0v) is 12.5. The van der Waals surface area contributed by atoms with Gasteiger partial charge in [0.25, 0.3) is 0 Å². The summed E-state index contributed by atoms with van der Waals surface area (Å²) in [4.78, 5) is 44.9. The Morgan fingerprint density at radius 1 is 1.05 bits per heavy atom. The summed E-state index contributed by atoms with van der Waals surface area (Å²) < 4.78 is 0. The van der Waals surface area contributed by atoms with Crippen LogP contribution in [-0.4, -0.2) is 69.6 Å². The highest BCUT2D eigenvalue weighted by Crippen LogP contribution is 2.00. The molecule has 22 heavy (non-hydrogen) atoms. The van der Waals surface area contributed by atoms with Crippen LogP contribution in [0.3, 0.4) is 0 Å². The molecule has 0 unspecified atom stereocenters. The monoisotopic (exact) mass is 337 g/mol. The average molecular weight is 337 g/mol. The number of thiol groups is 1. The molecule has 3 atom stereocenters. The van der Waals surface area contributed by atoms with Crippen LogP contribution < -0.4 is 16.4 Å². The molecule has 0 bridgehead atoms. The summed E-state index contributed by atoms with van der Waals surface area (Å²) in [5.74, 6) is -4.31. The summed E-state index contributed by atoms with van der Waals surface area (Å²) in [6.45, 7) is -0.850. The predicted molar refractivity (Wildman–Crippen MR) is 77.3 cm³/mol. The summed E-state index contributed by atoms with van der Waals surface area (Å²) in [6.07, 6.45) is -0.685. The van der Waals surface area contributed by atoms with Crippen LogP contribution in [0.4, 0.5) is 0 Å². The number of hydrogen-bond donors (Lipinski definition) is 7. The predicted octanol–water partition coefficient (Wildman–Crippen LogP) is -2.85. The second-order valence-electron chi connectivity index (χ2n) is 4.36. The van der Waals surface area contributed by atoms with Crippen LogP contribution in [0, 0.1) is 0 Å². The van der Waals surface area contributed by atoms with Crippen molar-refractivity contribution in [3.05, 3.63) is 0 Å². The van der Waals surface area contributed by atoms with Gasteiger partial charge in [-0.25, -0.2) is 4.79 Å². The van der Waals surface area contributed by atoms with Crippen molar-refractivity contribution in [1.82, 2.24) is 10.6 Å². The van der Waals surface area contributed by atoms with Gasteiger partial charge in [-0.2, -0.15) is 12.6 Å². The van der Waals surface area contributed by atoms with Gasteiger partial charge in [0.2, 0.25) is 11.8 Å². The van der Waals surface area contributed by atoms with E-state index in [1.165, 1.54) is 0 Å². The van der Waals surface area contributed by atoms with E-state index in [0.717, 1.165) is 0 Å². The van der Waals surface area contributed by atoms with E-state index in [1.807, 2.05) is 5.32 Å². The second kappa shape index (κ2) is 9.97. The van der Waals surface area contributed by atoms with Crippen molar-refractivity contribution in [2.45, 2.75) is 31.0 Å². The van der Waals surface area contributed by atoms with Gasteiger partial charge in [-0.05, 0) is 6.42 Å². The fraction of sp³-hybridized carbons (Fsp3) is 0.636. The lowest BCUT2D eigenvalue weighted by Crippen LogP contribution is -2.55. The van der Waals surface area contributed by atoms with E-state index in [-0.39, 0.29) is 12.2 Å². The van der Waals surface area contributed by atoms with Crippen LogP contribution in [0.15, 0.2) is 0 Å². The molecule has 126 valence electrons. The largest absolute Gasteiger partial charge is 0.481 e. The van der Waals surface area contributed by atoms with Gasteiger partial charge in [0.05, 0.1) is 12.6 Å². The van der Waals surface area contributed by atoms with Crippen molar-refractivity contribution < 1.29 is 34.5 Å². The maximum atomic E-state index is 11.9. The number of rotatable bonds is 10. The molecule has 0 aliphatic rings. The molecule has 0 aliphatic heterocycles. The SMILES string of the molecule is N[C@@H](CS)C(=O)N[C@@H](CCC(=O)O)C(=O)N[C@@H](CO)C(=O)O. The van der Waals surface area contributed by atoms with Crippen LogP contribution >= 0.6 is 12.6 Å². The fourth-order valence-electron chi connectivity index (χ4n) is 1.36. The van der Waals surface area contributed by atoms with Crippen LogP contribution in [0.2, 0.25) is 0 Å². The van der Waals surface area contributed by atoms with E-state index in [4.69, 9.17) is 21.1 Å². The first-order valence-corrected chi connectivity index (χ1v) is 6.88. The molecule has 0 spiro atoms. The van der Waals surface area contributed by atoms with Crippen molar-refractivity contribution in [2.75, 3.05) is 12.4 Å². The van der Waals surface area contributed by atoms with Crippen LogP contribution in [0.5, 0.6) is 0 Å². The van der Waals surface area contributed by atoms with E-state index >= 15 is 0 Å². The maximum absolute atomic E-state index is 11.9. The van der Waals surface area contributed by atoms with E-state index in [1.54, 1.807) is 0 Å². The van der Waals surface area contributed by atoms with E-state index in [0.29, 0.717) is 0 Å². The highest BCUT2D eigenvalue weighted by atomic mass is 32.1. The molecule has 0 heterocycles. The molecular formula is C11H19N3O7S. The number of aliphatic hydroxyl groups excluding tert-OH is 1. The van der Waals surface area contributed by atoms with Gasteiger partial charge in [-0.3, -0.25) is 14.4 Å². The normalized spacial score (nSPS) is 14.5. The molecule has 11 heteroatoms. The third-order valence-corrected chi connectivity index (χ3v) is 3.00. The first-order valence-electron chi connectivity index (χ1n) is 6.25. The number of carbonyl (C=O) groups excluding carboxylic acids is 2. The zero-order valence-electron chi connectivity index (χ0n) is 11.6. The van der Waals surface area contributed by atoms with Gasteiger partial charge < -0.3 is 31.7 Å². The molecule has 0 radical (unpaired) electrons. The lowest BCUT2D eigenvalue weighted by molar-refractivity contribution is -0.144. The minimum atomic E-state index is -1.56. The fourth-order valence-corrected chi connectivity index (χ4v) is 1.52. The molecule has 0 aromatic carbocycles. The number of carboxylic acids is 2. The second-order valence-corrected chi connectivity index (χ2v) is 4.73. The van der Waals surface area contributed by atoms with Crippen molar-refractivity contribution in [3.8, 4) is 0 Å². The molecule has 0 rings (SSSR count). The lowest BCUT2D eigenvalue weighted by Gasteiger charge is -2.21. The average Bonchev–Trinajstić information content (AvgIpc) is 2.46. The quantitative estimate of drug-likeness (QED) is 0.208. The Morgan fingerprint density at radius 2 is 1.59 bits per heavy atom. The first kappa shape index (κ1) is 20.1. The minimum Gasteiger partial charge on any atom is -0.481 e. The highest BCUT2D eigenvalue weighted by Gasteiger charge is 2.27. The molecule has 7 N–H and O–H groups in total. The number of hydrogen-bond acceptors (Lipinski definition) is 7. The van der Waals surface area contributed by atoms with Crippen molar-refractivity contribution >= 4 is 36.4 Å². The summed E-state index contributed by atoms with van der Waals surface area (Å²) in [5.41, 5.74) is 5.43. The Kier molecular flexibility index (Phi) is 9.13. The van der Waals surface area contributed by atoms with Gasteiger partial charge in [0.15, 0.2) is 0 Å². The van der Waals surface area contributed by atoms with Crippen molar-refractivity contribution in [3.63, 3.8) is 0 Å². The Morgan fingerprint density at radius 3 is 2.00 bits per heavy atom. The molecule has 0 aromatic rings. The topological polar surface area (TPSA) is 179 Å². The molecule has 2 amide bonds. The van der Waals surface area contributed by atoms with Crippen LogP contribution in [-0.2, 0) is 19.2 Å². The van der Waals surface area contributed by atoms with Gasteiger partial charge in [0.1, 0.15) is 12.1 Å². The number of amides is 2. The van der Waals surface area contributed by atoms with Crippen LogP contribution in [0.1, 0.15) is 12.8 Å². The Balaban J connectivity index is 4.89. The number of nitrogens with one attached hydrogen (secondary N) is 2. The van der Waals surface area contributed by atoms with Crippen molar-refractivity contribution in [1.29, 1.82) is 0 Å². The first-order chi connectivity index (χ1) is 10.2. The van der Waals surface area contributed by atoms with E-state index in [2.05, 4.69) is 17.9 Å². The Bertz CT molecular complexity index is 432. The molecular weight excluding hydrogens is 318 g/mol. The molecule has 0 aromatic heterocycles. The van der Waals surface area contributed by atoms with E-state index < -0.39 is 54.9 Å². The van der Waals surface area contributed by atoms with Gasteiger partial charge in [-0.15, -0.1) is 0 Å². The summed E-state index contributed by atoms with van der Waals surface area (Å²) >= 11 is 3.82. The number of nitrogens with two attached hydrogens (primary N) is 1. The van der Waals surface area contributed by atoms with Gasteiger partial charge in [-0.1, -0.05) is 0 Å². The lowest BCUT2D eigenvalue weighted by atomic mass is 10.1. The van der Waals surface area contributed by atoms with E-state index in [9.17, 15) is 19.2 Å². The minimum absolute atomic E-state index is 0.00743. The maximum Gasteiger partial charge on any atom is 0.328 e. The summed E-state index contributed by atoms with van der Waals surface area (Å²) in [6, 6.07) is -3.85. The number of carboxylic acid groups (broad SMARTS) is 2. The summed E-state index contributed by atoms with van der Waals surface area (Å²) in [5, 5.41) is 30.4. The van der Waals surface area contributed by atoms with Crippen molar-refractivity contribution in [2.24, 2.45) is 5.73 Å². The van der Waals surface area contributed by atoms with Crippen LogP contribution in [0.25, 0.3) is 0 Å². The summed E-state index contributed by atoms with van der Waals surface area (Å²) in [7, 11) is 0. The molecule has 0 fully saturated rings. The molecule has 0 saturated heterocycles. The van der Waals surface area contributed by atoms with Gasteiger partial charge in [0, 0.05) is 12.2 Å². The third-order valence-electron chi connectivity index (χ3n) is 2.61. The third kappa shape index (κ3) is 7.24. The van der Waals surface area contributed by atoms with Gasteiger partial charge >= 0.3 is 11.9 Å². The zero-order chi connectivity index (χ0) is 17.3. The number of carbonyl (C=O) groups is 4. The molecule has 0 aliphatic carbocycles. The molecule has 0 saturated carbocycles. The Labute approximate surface area is 131 Å².